The molecule has 0 unspecified atom stereocenters. The van der Waals surface area contributed by atoms with Gasteiger partial charge < -0.3 is 9.47 Å². The van der Waals surface area contributed by atoms with Gasteiger partial charge in [0.05, 0.1) is 6.61 Å². The summed E-state index contributed by atoms with van der Waals surface area (Å²) in [5, 5.41) is 0.559. The van der Waals surface area contributed by atoms with E-state index >= 15 is 0 Å². The number of aliphatic imine (C=N–C) groups is 1. The number of hydrogen-bond donors (Lipinski definition) is 0. The molecule has 2 aromatic carbocycles. The zero-order valence-corrected chi connectivity index (χ0v) is 14.6. The lowest BCUT2D eigenvalue weighted by atomic mass is 10.1. The number of halogens is 1. The summed E-state index contributed by atoms with van der Waals surface area (Å²) in [4.78, 5) is 16.4. The topological polar surface area (TPSA) is 47.9 Å². The quantitative estimate of drug-likeness (QED) is 0.422. The number of para-hydroxylation sites is 1. The van der Waals surface area contributed by atoms with E-state index in [1.54, 1.807) is 30.3 Å². The van der Waals surface area contributed by atoms with E-state index in [0.717, 1.165) is 24.2 Å². The Balaban J connectivity index is 1.87. The molecule has 0 saturated heterocycles. The van der Waals surface area contributed by atoms with Crippen molar-refractivity contribution in [2.75, 3.05) is 6.61 Å². The van der Waals surface area contributed by atoms with Crippen molar-refractivity contribution >= 4 is 29.5 Å². The maximum absolute atomic E-state index is 12.1. The van der Waals surface area contributed by atoms with Gasteiger partial charge >= 0.3 is 5.97 Å². The number of esters is 1. The Labute approximate surface area is 151 Å². The fraction of sp³-hybridized carbons (Fsp3) is 0.200. The molecule has 0 atom stereocenters. The van der Waals surface area contributed by atoms with Crippen molar-refractivity contribution in [3.63, 3.8) is 0 Å². The molecule has 0 fully saturated rings. The Hall–Kier alpha value is -2.59. The van der Waals surface area contributed by atoms with Crippen molar-refractivity contribution < 1.29 is 14.3 Å². The molecule has 5 heteroatoms. The first-order chi connectivity index (χ1) is 12.2. The predicted octanol–water partition coefficient (Wildman–Crippen LogP) is 4.86. The molecule has 0 spiro atoms. The minimum absolute atomic E-state index is 0.238. The van der Waals surface area contributed by atoms with E-state index in [4.69, 9.17) is 21.1 Å². The standard InChI is InChI=1S/C20H18ClNO3/c1-2-3-11-24-18-10-5-4-7-14(18)13-17-20(23)25-19(22-17)15-8-6-9-16(21)12-15/h4-10,12-13H,2-3,11H2,1H3/b17-13-. The van der Waals surface area contributed by atoms with Crippen LogP contribution in [0.3, 0.4) is 0 Å². The van der Waals surface area contributed by atoms with Crippen LogP contribution in [-0.4, -0.2) is 18.5 Å². The molecule has 0 saturated carbocycles. The van der Waals surface area contributed by atoms with E-state index in [1.807, 2.05) is 24.3 Å². The smallest absolute Gasteiger partial charge is 0.363 e. The van der Waals surface area contributed by atoms with Crippen LogP contribution >= 0.6 is 11.6 Å². The lowest BCUT2D eigenvalue weighted by Gasteiger charge is -2.08. The molecule has 0 aliphatic carbocycles. The molecule has 0 bridgehead atoms. The first-order valence-electron chi connectivity index (χ1n) is 8.17. The Morgan fingerprint density at radius 1 is 1.20 bits per heavy atom. The number of benzene rings is 2. The van der Waals surface area contributed by atoms with E-state index < -0.39 is 5.97 Å². The van der Waals surface area contributed by atoms with Crippen LogP contribution in [0.1, 0.15) is 30.9 Å². The average molecular weight is 356 g/mol. The molecule has 25 heavy (non-hydrogen) atoms. The van der Waals surface area contributed by atoms with Crippen LogP contribution in [0.4, 0.5) is 0 Å². The first-order valence-corrected chi connectivity index (χ1v) is 8.55. The highest BCUT2D eigenvalue weighted by Gasteiger charge is 2.24. The highest BCUT2D eigenvalue weighted by atomic mass is 35.5. The SMILES string of the molecule is CCCCOc1ccccc1/C=C1\N=C(c2cccc(Cl)c2)OC1=O. The molecule has 0 N–H and O–H groups in total. The van der Waals surface area contributed by atoms with Crippen molar-refractivity contribution in [1.29, 1.82) is 0 Å². The summed E-state index contributed by atoms with van der Waals surface area (Å²) in [6, 6.07) is 14.6. The molecule has 1 aliphatic heterocycles. The zero-order valence-electron chi connectivity index (χ0n) is 13.9. The number of rotatable bonds is 6. The van der Waals surface area contributed by atoms with E-state index in [-0.39, 0.29) is 11.6 Å². The zero-order chi connectivity index (χ0) is 17.6. The maximum Gasteiger partial charge on any atom is 0.363 e. The third-order valence-corrected chi connectivity index (χ3v) is 3.89. The Kier molecular flexibility index (Phi) is 5.51. The summed E-state index contributed by atoms with van der Waals surface area (Å²) in [6.45, 7) is 2.75. The second-order valence-electron chi connectivity index (χ2n) is 5.59. The van der Waals surface area contributed by atoms with E-state index in [0.29, 0.717) is 17.2 Å². The Morgan fingerprint density at radius 2 is 2.04 bits per heavy atom. The van der Waals surface area contributed by atoms with Crippen LogP contribution in [-0.2, 0) is 9.53 Å². The summed E-state index contributed by atoms with van der Waals surface area (Å²) < 4.78 is 11.1. The average Bonchev–Trinajstić information content (AvgIpc) is 2.97. The van der Waals surface area contributed by atoms with Crippen molar-refractivity contribution in [3.8, 4) is 5.75 Å². The summed E-state index contributed by atoms with van der Waals surface area (Å²) in [5.74, 6) is 0.490. The van der Waals surface area contributed by atoms with Gasteiger partial charge in [-0.25, -0.2) is 9.79 Å². The lowest BCUT2D eigenvalue weighted by molar-refractivity contribution is -0.129. The van der Waals surface area contributed by atoms with Crippen molar-refractivity contribution in [3.05, 3.63) is 70.4 Å². The van der Waals surface area contributed by atoms with Gasteiger partial charge in [0.1, 0.15) is 5.75 Å². The predicted molar refractivity (Wildman–Crippen MR) is 98.9 cm³/mol. The molecular formula is C20H18ClNO3. The van der Waals surface area contributed by atoms with Gasteiger partial charge in [-0.3, -0.25) is 0 Å². The molecule has 2 aromatic rings. The third-order valence-electron chi connectivity index (χ3n) is 3.66. The van der Waals surface area contributed by atoms with Crippen LogP contribution in [0.2, 0.25) is 5.02 Å². The fourth-order valence-corrected chi connectivity index (χ4v) is 2.55. The molecule has 4 nitrogen and oxygen atoms in total. The van der Waals surface area contributed by atoms with Crippen molar-refractivity contribution in [2.24, 2.45) is 4.99 Å². The highest BCUT2D eigenvalue weighted by Crippen LogP contribution is 2.25. The van der Waals surface area contributed by atoms with E-state index in [2.05, 4.69) is 11.9 Å². The van der Waals surface area contributed by atoms with E-state index in [1.165, 1.54) is 0 Å². The normalized spacial score (nSPS) is 15.2. The second kappa shape index (κ2) is 7.99. The summed E-state index contributed by atoms with van der Waals surface area (Å²) in [7, 11) is 0. The highest BCUT2D eigenvalue weighted by molar-refractivity contribution is 6.31. The van der Waals surface area contributed by atoms with Gasteiger partial charge in [0.15, 0.2) is 5.70 Å². The number of carbonyl (C=O) groups is 1. The molecular weight excluding hydrogens is 338 g/mol. The minimum Gasteiger partial charge on any atom is -0.493 e. The number of ether oxygens (including phenoxy) is 2. The summed E-state index contributed by atoms with van der Waals surface area (Å²) >= 11 is 5.98. The number of cyclic esters (lactones) is 1. The minimum atomic E-state index is -0.488. The molecule has 3 rings (SSSR count). The van der Waals surface area contributed by atoms with Gasteiger partial charge in [0.2, 0.25) is 5.90 Å². The molecule has 1 aliphatic rings. The maximum atomic E-state index is 12.1. The van der Waals surface area contributed by atoms with Crippen LogP contribution in [0.5, 0.6) is 5.75 Å². The summed E-state index contributed by atoms with van der Waals surface area (Å²) in [6.07, 6.45) is 3.72. The third kappa shape index (κ3) is 4.28. The van der Waals surface area contributed by atoms with Gasteiger partial charge in [-0.05, 0) is 36.8 Å². The molecule has 0 amide bonds. The van der Waals surface area contributed by atoms with Crippen LogP contribution in [0.25, 0.3) is 6.08 Å². The van der Waals surface area contributed by atoms with Gasteiger partial charge in [-0.2, -0.15) is 0 Å². The monoisotopic (exact) mass is 355 g/mol. The fourth-order valence-electron chi connectivity index (χ4n) is 2.36. The molecule has 128 valence electrons. The van der Waals surface area contributed by atoms with Gasteiger partial charge in [0.25, 0.3) is 0 Å². The first kappa shape index (κ1) is 17.2. The van der Waals surface area contributed by atoms with Crippen LogP contribution < -0.4 is 4.74 Å². The van der Waals surface area contributed by atoms with Crippen molar-refractivity contribution in [1.82, 2.24) is 0 Å². The van der Waals surface area contributed by atoms with Gasteiger partial charge in [-0.1, -0.05) is 49.2 Å². The second-order valence-corrected chi connectivity index (χ2v) is 6.02. The summed E-state index contributed by atoms with van der Waals surface area (Å²) in [5.41, 5.74) is 1.69. The van der Waals surface area contributed by atoms with Gasteiger partial charge in [-0.15, -0.1) is 0 Å². The Bertz CT molecular complexity index is 842. The van der Waals surface area contributed by atoms with Crippen LogP contribution in [0, 0.1) is 0 Å². The largest absolute Gasteiger partial charge is 0.493 e. The van der Waals surface area contributed by atoms with Crippen molar-refractivity contribution in [2.45, 2.75) is 19.8 Å². The number of unbranched alkanes of at least 4 members (excludes halogenated alkanes) is 1. The van der Waals surface area contributed by atoms with E-state index in [9.17, 15) is 4.79 Å². The molecule has 0 aromatic heterocycles. The number of hydrogen-bond acceptors (Lipinski definition) is 4. The Morgan fingerprint density at radius 3 is 2.84 bits per heavy atom. The lowest BCUT2D eigenvalue weighted by Crippen LogP contribution is -2.05. The number of nitrogens with zero attached hydrogens (tertiary/aromatic N) is 1. The number of carbonyl (C=O) groups excluding carboxylic acids is 1. The van der Waals surface area contributed by atoms with Gasteiger partial charge in [0, 0.05) is 16.1 Å². The molecule has 1 heterocycles. The van der Waals surface area contributed by atoms with Crippen LogP contribution in [0.15, 0.2) is 59.2 Å². The molecule has 0 radical (unpaired) electrons.